The molecular weight excluding hydrogens is 232 g/mol. The molecule has 0 aliphatic rings. The Labute approximate surface area is 106 Å². The fraction of sp³-hybridized carbons (Fsp3) is 0.500. The molecule has 2 aromatic heterocycles. The van der Waals surface area contributed by atoms with E-state index in [0.717, 1.165) is 5.01 Å². The quantitative estimate of drug-likeness (QED) is 0.907. The summed E-state index contributed by atoms with van der Waals surface area (Å²) < 4.78 is 1.83. The van der Waals surface area contributed by atoms with Crippen LogP contribution in [0.3, 0.4) is 0 Å². The van der Waals surface area contributed by atoms with Gasteiger partial charge in [0, 0.05) is 35.9 Å². The van der Waals surface area contributed by atoms with Crippen LogP contribution in [-0.2, 0) is 7.05 Å². The van der Waals surface area contributed by atoms with Crippen LogP contribution < -0.4 is 5.32 Å². The van der Waals surface area contributed by atoms with Crippen LogP contribution in [0.5, 0.6) is 0 Å². The van der Waals surface area contributed by atoms with E-state index in [9.17, 15) is 0 Å². The summed E-state index contributed by atoms with van der Waals surface area (Å²) in [6.07, 6.45) is 5.86. The Bertz CT molecular complexity index is 444. The van der Waals surface area contributed by atoms with E-state index in [1.807, 2.05) is 30.3 Å². The predicted molar refractivity (Wildman–Crippen MR) is 70.0 cm³/mol. The van der Waals surface area contributed by atoms with Crippen molar-refractivity contribution >= 4 is 11.3 Å². The molecule has 0 saturated heterocycles. The Balaban J connectivity index is 2.01. The lowest BCUT2D eigenvalue weighted by Crippen LogP contribution is -2.22. The number of nitrogens with one attached hydrogen (secondary N) is 1. The minimum absolute atomic E-state index is 0.268. The second-order valence-electron chi connectivity index (χ2n) is 4.37. The zero-order valence-electron chi connectivity index (χ0n) is 10.6. The maximum atomic E-state index is 4.40. The molecule has 2 atom stereocenters. The maximum absolute atomic E-state index is 4.40. The van der Waals surface area contributed by atoms with Gasteiger partial charge in [0.25, 0.3) is 0 Å². The Morgan fingerprint density at radius 3 is 2.59 bits per heavy atom. The van der Waals surface area contributed by atoms with Crippen molar-refractivity contribution in [3.8, 4) is 0 Å². The smallest absolute Gasteiger partial charge is 0.109 e. The normalized spacial score (nSPS) is 14.8. The molecule has 0 radical (unpaired) electrons. The van der Waals surface area contributed by atoms with Crippen LogP contribution in [-0.4, -0.2) is 14.8 Å². The van der Waals surface area contributed by atoms with Crippen molar-refractivity contribution in [3.05, 3.63) is 34.0 Å². The van der Waals surface area contributed by atoms with Gasteiger partial charge in [-0.25, -0.2) is 4.98 Å². The molecule has 2 aromatic rings. The summed E-state index contributed by atoms with van der Waals surface area (Å²) >= 11 is 1.74. The molecule has 2 heterocycles. The van der Waals surface area contributed by atoms with Crippen LogP contribution in [0.4, 0.5) is 0 Å². The van der Waals surface area contributed by atoms with E-state index >= 15 is 0 Å². The van der Waals surface area contributed by atoms with Crippen LogP contribution in [0.1, 0.15) is 41.4 Å². The third-order valence-corrected chi connectivity index (χ3v) is 3.83. The molecule has 0 amide bonds. The number of aryl methyl sites for hydroxylation is 2. The van der Waals surface area contributed by atoms with Crippen molar-refractivity contribution < 1.29 is 0 Å². The van der Waals surface area contributed by atoms with E-state index < -0.39 is 0 Å². The van der Waals surface area contributed by atoms with Crippen LogP contribution in [0, 0.1) is 6.92 Å². The molecule has 1 N–H and O–H groups in total. The van der Waals surface area contributed by atoms with E-state index in [-0.39, 0.29) is 12.1 Å². The Kier molecular flexibility index (Phi) is 3.59. The van der Waals surface area contributed by atoms with E-state index in [1.165, 1.54) is 10.4 Å². The first-order valence-corrected chi connectivity index (χ1v) is 6.55. The van der Waals surface area contributed by atoms with Crippen LogP contribution in [0.25, 0.3) is 0 Å². The molecule has 0 spiro atoms. The molecule has 0 saturated carbocycles. The lowest BCUT2D eigenvalue weighted by atomic mass is 10.1. The van der Waals surface area contributed by atoms with Gasteiger partial charge in [0.05, 0.1) is 12.2 Å². The monoisotopic (exact) mass is 250 g/mol. The van der Waals surface area contributed by atoms with Crippen molar-refractivity contribution in [2.24, 2.45) is 7.05 Å². The van der Waals surface area contributed by atoms with Crippen LogP contribution in [0.15, 0.2) is 18.6 Å². The molecular formula is C12H18N4S. The maximum Gasteiger partial charge on any atom is 0.109 e. The summed E-state index contributed by atoms with van der Waals surface area (Å²) in [6.45, 7) is 6.37. The fourth-order valence-corrected chi connectivity index (χ4v) is 2.56. The number of aromatic nitrogens is 3. The third kappa shape index (κ3) is 2.92. The van der Waals surface area contributed by atoms with Gasteiger partial charge < -0.3 is 5.32 Å². The summed E-state index contributed by atoms with van der Waals surface area (Å²) in [7, 11) is 1.93. The van der Waals surface area contributed by atoms with Gasteiger partial charge in [-0.1, -0.05) is 0 Å². The third-order valence-electron chi connectivity index (χ3n) is 2.73. The zero-order chi connectivity index (χ0) is 12.4. The van der Waals surface area contributed by atoms with Crippen LogP contribution in [0.2, 0.25) is 0 Å². The first-order chi connectivity index (χ1) is 8.06. The van der Waals surface area contributed by atoms with Crippen molar-refractivity contribution in [2.45, 2.75) is 32.9 Å². The molecule has 92 valence electrons. The second kappa shape index (κ2) is 4.98. The second-order valence-corrected chi connectivity index (χ2v) is 5.63. The lowest BCUT2D eigenvalue weighted by Gasteiger charge is -2.17. The topological polar surface area (TPSA) is 42.7 Å². The molecule has 2 rings (SSSR count). The van der Waals surface area contributed by atoms with Crippen molar-refractivity contribution in [2.75, 3.05) is 0 Å². The van der Waals surface area contributed by atoms with Crippen molar-refractivity contribution in [1.82, 2.24) is 20.1 Å². The van der Waals surface area contributed by atoms with Crippen molar-refractivity contribution in [1.29, 1.82) is 0 Å². The van der Waals surface area contributed by atoms with Gasteiger partial charge in [-0.2, -0.15) is 5.10 Å². The fourth-order valence-electron chi connectivity index (χ4n) is 1.78. The highest BCUT2D eigenvalue weighted by Crippen LogP contribution is 2.22. The molecule has 2 unspecified atom stereocenters. The van der Waals surface area contributed by atoms with E-state index in [2.05, 4.69) is 36.2 Å². The molecule has 0 aliphatic heterocycles. The lowest BCUT2D eigenvalue weighted by molar-refractivity contribution is 0.493. The minimum atomic E-state index is 0.268. The first kappa shape index (κ1) is 12.3. The highest BCUT2D eigenvalue weighted by Gasteiger charge is 2.14. The number of hydrogen-bond donors (Lipinski definition) is 1. The SMILES string of the molecule is Cc1cnc(C(C)NC(C)c2cnn(C)c2)s1. The molecule has 0 bridgehead atoms. The predicted octanol–water partition coefficient (Wildman–Crippen LogP) is 2.60. The molecule has 0 fully saturated rings. The molecule has 17 heavy (non-hydrogen) atoms. The number of thiazole rings is 1. The Morgan fingerprint density at radius 2 is 2.06 bits per heavy atom. The first-order valence-electron chi connectivity index (χ1n) is 5.73. The van der Waals surface area contributed by atoms with Crippen LogP contribution >= 0.6 is 11.3 Å². The molecule has 5 heteroatoms. The molecule has 0 aromatic carbocycles. The molecule has 4 nitrogen and oxygen atoms in total. The number of rotatable bonds is 4. The highest BCUT2D eigenvalue weighted by molar-refractivity contribution is 7.11. The van der Waals surface area contributed by atoms with Gasteiger partial charge >= 0.3 is 0 Å². The zero-order valence-corrected chi connectivity index (χ0v) is 11.5. The average molecular weight is 250 g/mol. The Morgan fingerprint density at radius 1 is 1.29 bits per heavy atom. The summed E-state index contributed by atoms with van der Waals surface area (Å²) in [6, 6.07) is 0.548. The standard InChI is InChI=1S/C12H18N4S/c1-8-5-13-12(17-8)10(3)15-9(2)11-6-14-16(4)7-11/h5-7,9-10,15H,1-4H3. The summed E-state index contributed by atoms with van der Waals surface area (Å²) in [4.78, 5) is 5.66. The van der Waals surface area contributed by atoms with Gasteiger partial charge in [-0.15, -0.1) is 11.3 Å². The van der Waals surface area contributed by atoms with E-state index in [1.54, 1.807) is 11.3 Å². The largest absolute Gasteiger partial charge is 0.301 e. The number of hydrogen-bond acceptors (Lipinski definition) is 4. The van der Waals surface area contributed by atoms with Gasteiger partial charge in [-0.05, 0) is 20.8 Å². The summed E-state index contributed by atoms with van der Waals surface area (Å²) in [5, 5.41) is 8.86. The number of nitrogens with zero attached hydrogens (tertiary/aromatic N) is 3. The minimum Gasteiger partial charge on any atom is -0.301 e. The van der Waals surface area contributed by atoms with E-state index in [0.29, 0.717) is 0 Å². The average Bonchev–Trinajstić information content (AvgIpc) is 2.87. The van der Waals surface area contributed by atoms with Crippen molar-refractivity contribution in [3.63, 3.8) is 0 Å². The van der Waals surface area contributed by atoms with Gasteiger partial charge in [0.15, 0.2) is 0 Å². The van der Waals surface area contributed by atoms with Gasteiger partial charge in [0.1, 0.15) is 5.01 Å². The van der Waals surface area contributed by atoms with E-state index in [4.69, 9.17) is 0 Å². The summed E-state index contributed by atoms with van der Waals surface area (Å²) in [5.74, 6) is 0. The highest BCUT2D eigenvalue weighted by atomic mass is 32.1. The van der Waals surface area contributed by atoms with Gasteiger partial charge in [-0.3, -0.25) is 4.68 Å². The van der Waals surface area contributed by atoms with Gasteiger partial charge in [0.2, 0.25) is 0 Å². The molecule has 0 aliphatic carbocycles. The summed E-state index contributed by atoms with van der Waals surface area (Å²) in [5.41, 5.74) is 1.20. The Hall–Kier alpha value is -1.20.